The minimum absolute atomic E-state index is 0.443. The van der Waals surface area contributed by atoms with Crippen LogP contribution in [0.25, 0.3) is 11.3 Å². The first-order valence-corrected chi connectivity index (χ1v) is 8.90. The van der Waals surface area contributed by atoms with Gasteiger partial charge < -0.3 is 14.2 Å². The van der Waals surface area contributed by atoms with Gasteiger partial charge in [-0.1, -0.05) is 35.0 Å². The Hall–Kier alpha value is -2.41. The zero-order valence-corrected chi connectivity index (χ0v) is 14.6. The van der Waals surface area contributed by atoms with Crippen molar-refractivity contribution in [3.8, 4) is 11.3 Å². The number of halogens is 1. The van der Waals surface area contributed by atoms with E-state index in [0.717, 1.165) is 16.1 Å². The van der Waals surface area contributed by atoms with E-state index >= 15 is 0 Å². The van der Waals surface area contributed by atoms with Crippen LogP contribution in [0.1, 0.15) is 22.6 Å². The molecular weight excluding hydrogens is 358 g/mol. The van der Waals surface area contributed by atoms with Crippen LogP contribution in [0.3, 0.4) is 0 Å². The molecule has 5 nitrogen and oxygen atoms in total. The molecule has 1 atom stereocenters. The maximum atomic E-state index is 10.5. The number of nitrogens with zero attached hydrogens (tertiary/aromatic N) is 3. The molecule has 4 aromatic rings. The predicted octanol–water partition coefficient (Wildman–Crippen LogP) is 4.38. The zero-order valence-electron chi connectivity index (χ0n) is 13.0. The van der Waals surface area contributed by atoms with Gasteiger partial charge in [0.25, 0.3) is 0 Å². The van der Waals surface area contributed by atoms with E-state index in [1.54, 1.807) is 6.20 Å². The summed E-state index contributed by atoms with van der Waals surface area (Å²) >= 11 is 7.41. The third-order valence-electron chi connectivity index (χ3n) is 3.83. The summed E-state index contributed by atoms with van der Waals surface area (Å²) in [6.45, 7) is 0.443. The van der Waals surface area contributed by atoms with Gasteiger partial charge in [-0.25, -0.2) is 4.98 Å². The quantitative estimate of drug-likeness (QED) is 0.565. The molecule has 0 spiro atoms. The van der Waals surface area contributed by atoms with Crippen LogP contribution in [0.5, 0.6) is 0 Å². The second-order valence-corrected chi connectivity index (χ2v) is 6.93. The SMILES string of the molecule is OC(c1cccs1)c1nccn1Cc1cc(-c2ccc(Cl)cc2)no1. The number of aliphatic hydroxyl groups excluding tert-OH is 1. The molecule has 0 saturated heterocycles. The Morgan fingerprint density at radius 2 is 2.08 bits per heavy atom. The van der Waals surface area contributed by atoms with Crippen molar-refractivity contribution in [3.63, 3.8) is 0 Å². The lowest BCUT2D eigenvalue weighted by molar-refractivity contribution is 0.208. The Morgan fingerprint density at radius 1 is 1.24 bits per heavy atom. The van der Waals surface area contributed by atoms with Crippen molar-refractivity contribution in [1.29, 1.82) is 0 Å². The molecule has 3 heterocycles. The molecule has 0 fully saturated rings. The van der Waals surface area contributed by atoms with Crippen LogP contribution < -0.4 is 0 Å². The highest BCUT2D eigenvalue weighted by molar-refractivity contribution is 7.10. The van der Waals surface area contributed by atoms with E-state index in [1.807, 2.05) is 58.6 Å². The first-order chi connectivity index (χ1) is 12.2. The summed E-state index contributed by atoms with van der Waals surface area (Å²) in [5.74, 6) is 1.26. The third-order valence-corrected chi connectivity index (χ3v) is 5.01. The maximum Gasteiger partial charge on any atom is 0.157 e. The monoisotopic (exact) mass is 371 g/mol. The first-order valence-electron chi connectivity index (χ1n) is 7.65. The second-order valence-electron chi connectivity index (χ2n) is 5.52. The average molecular weight is 372 g/mol. The van der Waals surface area contributed by atoms with Gasteiger partial charge in [-0.15, -0.1) is 11.3 Å². The number of benzene rings is 1. The lowest BCUT2D eigenvalue weighted by Crippen LogP contribution is -2.09. The van der Waals surface area contributed by atoms with E-state index in [-0.39, 0.29) is 0 Å². The molecule has 0 aliphatic carbocycles. The first kappa shape index (κ1) is 16.1. The Labute approximate surface area is 153 Å². The van der Waals surface area contributed by atoms with Crippen LogP contribution in [0.15, 0.2) is 64.8 Å². The van der Waals surface area contributed by atoms with Gasteiger partial charge >= 0.3 is 0 Å². The van der Waals surface area contributed by atoms with E-state index in [2.05, 4.69) is 10.1 Å². The van der Waals surface area contributed by atoms with Crippen molar-refractivity contribution in [2.45, 2.75) is 12.6 Å². The standard InChI is InChI=1S/C18H14ClN3O2S/c19-13-5-3-12(4-6-13)15-10-14(24-21-15)11-22-8-7-20-18(22)17(23)16-2-1-9-25-16/h1-10,17,23H,11H2. The van der Waals surface area contributed by atoms with Crippen LogP contribution in [0.2, 0.25) is 5.02 Å². The second kappa shape index (κ2) is 6.84. The molecule has 25 heavy (non-hydrogen) atoms. The van der Waals surface area contributed by atoms with Gasteiger partial charge in [-0.05, 0) is 23.6 Å². The number of hydrogen-bond donors (Lipinski definition) is 1. The Balaban J connectivity index is 1.56. The van der Waals surface area contributed by atoms with Gasteiger partial charge in [0.1, 0.15) is 17.6 Å². The Bertz CT molecular complexity index is 961. The number of rotatable bonds is 5. The lowest BCUT2D eigenvalue weighted by Gasteiger charge is -2.10. The minimum atomic E-state index is -0.756. The molecule has 1 unspecified atom stereocenters. The van der Waals surface area contributed by atoms with Crippen molar-refractivity contribution in [1.82, 2.24) is 14.7 Å². The summed E-state index contributed by atoms with van der Waals surface area (Å²) < 4.78 is 7.30. The Morgan fingerprint density at radius 3 is 2.84 bits per heavy atom. The summed E-state index contributed by atoms with van der Waals surface area (Å²) in [6.07, 6.45) is 2.73. The lowest BCUT2D eigenvalue weighted by atomic mass is 10.1. The molecule has 0 amide bonds. The highest BCUT2D eigenvalue weighted by atomic mass is 35.5. The van der Waals surface area contributed by atoms with Crippen molar-refractivity contribution < 1.29 is 9.63 Å². The Kier molecular flexibility index (Phi) is 4.40. The highest BCUT2D eigenvalue weighted by Gasteiger charge is 2.18. The van der Waals surface area contributed by atoms with Crippen molar-refractivity contribution in [3.05, 3.63) is 81.7 Å². The topological polar surface area (TPSA) is 64.1 Å². The van der Waals surface area contributed by atoms with E-state index in [1.165, 1.54) is 11.3 Å². The molecule has 4 rings (SSSR count). The molecular formula is C18H14ClN3O2S. The summed E-state index contributed by atoms with van der Waals surface area (Å²) in [4.78, 5) is 5.14. The van der Waals surface area contributed by atoms with Crippen molar-refractivity contribution >= 4 is 22.9 Å². The largest absolute Gasteiger partial charge is 0.380 e. The highest BCUT2D eigenvalue weighted by Crippen LogP contribution is 2.26. The van der Waals surface area contributed by atoms with Crippen molar-refractivity contribution in [2.75, 3.05) is 0 Å². The van der Waals surface area contributed by atoms with Crippen LogP contribution in [-0.2, 0) is 6.54 Å². The van der Waals surface area contributed by atoms with E-state index < -0.39 is 6.10 Å². The average Bonchev–Trinajstić information content (AvgIpc) is 3.37. The normalized spacial score (nSPS) is 12.4. The number of thiophene rings is 1. The zero-order chi connectivity index (χ0) is 17.2. The number of imidazole rings is 1. The summed E-state index contributed by atoms with van der Waals surface area (Å²) in [7, 11) is 0. The predicted molar refractivity (Wildman–Crippen MR) is 96.7 cm³/mol. The maximum absolute atomic E-state index is 10.5. The van der Waals surface area contributed by atoms with Gasteiger partial charge in [-0.3, -0.25) is 0 Å². The van der Waals surface area contributed by atoms with Crippen LogP contribution >= 0.6 is 22.9 Å². The third kappa shape index (κ3) is 3.37. The fraction of sp³-hybridized carbons (Fsp3) is 0.111. The molecule has 0 radical (unpaired) electrons. The molecule has 0 bridgehead atoms. The smallest absolute Gasteiger partial charge is 0.157 e. The summed E-state index contributed by atoms with van der Waals surface area (Å²) in [5.41, 5.74) is 1.68. The molecule has 1 aromatic carbocycles. The summed E-state index contributed by atoms with van der Waals surface area (Å²) in [6, 6.07) is 13.1. The van der Waals surface area contributed by atoms with E-state index in [0.29, 0.717) is 23.2 Å². The van der Waals surface area contributed by atoms with E-state index in [4.69, 9.17) is 16.1 Å². The molecule has 3 aromatic heterocycles. The molecule has 7 heteroatoms. The van der Waals surface area contributed by atoms with Gasteiger partial charge in [-0.2, -0.15) is 0 Å². The molecule has 126 valence electrons. The van der Waals surface area contributed by atoms with Crippen LogP contribution in [0, 0.1) is 0 Å². The van der Waals surface area contributed by atoms with Gasteiger partial charge in [0.2, 0.25) is 0 Å². The molecule has 0 aliphatic heterocycles. The van der Waals surface area contributed by atoms with Gasteiger partial charge in [0, 0.05) is 33.9 Å². The minimum Gasteiger partial charge on any atom is -0.380 e. The fourth-order valence-corrected chi connectivity index (χ4v) is 3.42. The molecule has 0 saturated carbocycles. The van der Waals surface area contributed by atoms with Crippen molar-refractivity contribution in [2.24, 2.45) is 0 Å². The van der Waals surface area contributed by atoms with Gasteiger partial charge in [0.15, 0.2) is 5.76 Å². The summed E-state index contributed by atoms with van der Waals surface area (Å²) in [5, 5.41) is 17.2. The number of aromatic nitrogens is 3. The van der Waals surface area contributed by atoms with Crippen LogP contribution in [0.4, 0.5) is 0 Å². The number of hydrogen-bond acceptors (Lipinski definition) is 5. The molecule has 1 N–H and O–H groups in total. The molecule has 0 aliphatic rings. The van der Waals surface area contributed by atoms with Gasteiger partial charge in [0.05, 0.1) is 6.54 Å². The van der Waals surface area contributed by atoms with E-state index in [9.17, 15) is 5.11 Å². The fourth-order valence-electron chi connectivity index (χ4n) is 2.59. The van der Waals surface area contributed by atoms with Crippen LogP contribution in [-0.4, -0.2) is 19.8 Å². The number of aliphatic hydroxyl groups is 1.